The average Bonchev–Trinajstić information content (AvgIpc) is 2.60. The molecule has 0 spiro atoms. The number of methoxy groups -OCH3 is 4. The quantitative estimate of drug-likeness (QED) is 0.592. The molecule has 0 amide bonds. The molecule has 0 unspecified atom stereocenters. The molecular weight excluding hydrogens is 360 g/mol. The Morgan fingerprint density at radius 1 is 1.00 bits per heavy atom. The molecule has 1 aromatic carbocycles. The number of hydrogen-bond donors (Lipinski definition) is 3. The van der Waals surface area contributed by atoms with Crippen LogP contribution in [0.15, 0.2) is 6.07 Å². The van der Waals surface area contributed by atoms with Crippen LogP contribution in [-0.4, -0.2) is 80.6 Å². The summed E-state index contributed by atoms with van der Waals surface area (Å²) in [5, 5.41) is 30.9. The van der Waals surface area contributed by atoms with Crippen molar-refractivity contribution in [2.45, 2.75) is 37.4 Å². The topological polar surface area (TPSA) is 124 Å². The molecule has 9 heteroatoms. The summed E-state index contributed by atoms with van der Waals surface area (Å²) >= 11 is 0. The van der Waals surface area contributed by atoms with E-state index in [1.165, 1.54) is 35.4 Å². The molecule has 9 nitrogen and oxygen atoms in total. The van der Waals surface area contributed by atoms with E-state index in [4.69, 9.17) is 23.7 Å². The van der Waals surface area contributed by atoms with Crippen LogP contribution >= 0.6 is 0 Å². The molecule has 0 radical (unpaired) electrons. The molecule has 152 valence electrons. The molecule has 1 aliphatic rings. The Bertz CT molecular complexity index is 675. The van der Waals surface area contributed by atoms with Crippen LogP contribution in [-0.2, 0) is 23.7 Å². The minimum absolute atomic E-state index is 0.0810. The highest BCUT2D eigenvalue weighted by molar-refractivity contribution is 6.00. The van der Waals surface area contributed by atoms with Crippen LogP contribution in [0.25, 0.3) is 0 Å². The van der Waals surface area contributed by atoms with Crippen LogP contribution in [0.3, 0.4) is 0 Å². The zero-order valence-corrected chi connectivity index (χ0v) is 16.0. The van der Waals surface area contributed by atoms with E-state index in [1.807, 2.05) is 0 Å². The molecule has 1 saturated heterocycles. The van der Waals surface area contributed by atoms with Gasteiger partial charge in [-0.15, -0.1) is 0 Å². The zero-order chi connectivity index (χ0) is 20.3. The first-order valence-electron chi connectivity index (χ1n) is 8.33. The van der Waals surface area contributed by atoms with Gasteiger partial charge in [-0.3, -0.25) is 4.79 Å². The largest absolute Gasteiger partial charge is 0.507 e. The molecule has 0 aliphatic carbocycles. The zero-order valence-electron chi connectivity index (χ0n) is 16.0. The Balaban J connectivity index is 2.61. The van der Waals surface area contributed by atoms with Gasteiger partial charge < -0.3 is 39.0 Å². The monoisotopic (exact) mass is 386 g/mol. The van der Waals surface area contributed by atoms with Crippen LogP contribution < -0.4 is 0 Å². The fraction of sp³-hybridized carbons (Fsp3) is 0.611. The van der Waals surface area contributed by atoms with Gasteiger partial charge >= 0.3 is 0 Å². The Hall–Kier alpha value is -1.91. The lowest BCUT2D eigenvalue weighted by Crippen LogP contribution is -2.57. The molecule has 0 saturated carbocycles. The summed E-state index contributed by atoms with van der Waals surface area (Å²) in [5.41, 5.74) is -0.394. The van der Waals surface area contributed by atoms with Crippen molar-refractivity contribution in [1.29, 1.82) is 0 Å². The number of aromatic hydroxyl groups is 3. The van der Waals surface area contributed by atoms with Gasteiger partial charge in [0.1, 0.15) is 53.3 Å². The third kappa shape index (κ3) is 3.87. The lowest BCUT2D eigenvalue weighted by Gasteiger charge is -2.45. The number of ether oxygens (including phenoxy) is 5. The van der Waals surface area contributed by atoms with Gasteiger partial charge in [0, 0.05) is 34.5 Å². The molecule has 0 bridgehead atoms. The summed E-state index contributed by atoms with van der Waals surface area (Å²) in [6.07, 6.45) is -3.55. The fourth-order valence-electron chi connectivity index (χ4n) is 3.54. The minimum Gasteiger partial charge on any atom is -0.507 e. The van der Waals surface area contributed by atoms with Crippen molar-refractivity contribution in [3.05, 3.63) is 17.2 Å². The molecule has 27 heavy (non-hydrogen) atoms. The maximum Gasteiger partial charge on any atom is 0.167 e. The van der Waals surface area contributed by atoms with E-state index in [0.29, 0.717) is 0 Å². The molecule has 1 heterocycles. The standard InChI is InChI=1S/C18H26O9/c1-8(19)12-9(20)6-10(21)13(14(12)22)16-18(26-5)17(25-4)15(24-3)11(27-16)7-23-2/h6,11,15-18,20-22H,7H2,1-5H3/t11-,15-,16+,17+,18+/m1/s1. The normalized spacial score (nSPS) is 28.3. The van der Waals surface area contributed by atoms with Gasteiger partial charge in [-0.25, -0.2) is 0 Å². The van der Waals surface area contributed by atoms with Crippen LogP contribution in [0.1, 0.15) is 28.9 Å². The van der Waals surface area contributed by atoms with Crippen molar-refractivity contribution in [1.82, 2.24) is 0 Å². The van der Waals surface area contributed by atoms with Gasteiger partial charge in [0.25, 0.3) is 0 Å². The van der Waals surface area contributed by atoms with Gasteiger partial charge in [0.05, 0.1) is 12.2 Å². The van der Waals surface area contributed by atoms with E-state index in [9.17, 15) is 20.1 Å². The number of phenols is 3. The van der Waals surface area contributed by atoms with Gasteiger partial charge in [-0.1, -0.05) is 0 Å². The lowest BCUT2D eigenvalue weighted by atomic mass is 9.88. The summed E-state index contributed by atoms with van der Waals surface area (Å²) in [5.74, 6) is -2.11. The smallest absolute Gasteiger partial charge is 0.167 e. The number of benzene rings is 1. The first kappa shape index (κ1) is 21.4. The molecule has 3 N–H and O–H groups in total. The summed E-state index contributed by atoms with van der Waals surface area (Å²) in [4.78, 5) is 11.8. The SMILES string of the molecule is COC[C@H]1O[C@@H](c2c(O)cc(O)c(C(C)=O)c2O)[C@H](OC)[C@@H](OC)[C@@H]1OC. The minimum atomic E-state index is -1.01. The molecule has 0 aromatic heterocycles. The highest BCUT2D eigenvalue weighted by Crippen LogP contribution is 2.47. The van der Waals surface area contributed by atoms with E-state index in [0.717, 1.165) is 6.07 Å². The Morgan fingerprint density at radius 3 is 2.07 bits per heavy atom. The Morgan fingerprint density at radius 2 is 1.59 bits per heavy atom. The maximum atomic E-state index is 11.8. The number of phenolic OH excluding ortho intramolecular Hbond substituents is 3. The predicted octanol–water partition coefficient (Wildman–Crippen LogP) is 1.14. The second kappa shape index (κ2) is 8.85. The summed E-state index contributed by atoms with van der Waals surface area (Å²) in [6.45, 7) is 1.35. The first-order chi connectivity index (χ1) is 12.8. The number of Topliss-reactive ketones (excluding diaryl/α,β-unsaturated/α-hetero) is 1. The Kier molecular flexibility index (Phi) is 7.01. The number of rotatable bonds is 7. The highest BCUT2D eigenvalue weighted by atomic mass is 16.6. The van der Waals surface area contributed by atoms with Crippen LogP contribution in [0.4, 0.5) is 0 Å². The summed E-state index contributed by atoms with van der Waals surface area (Å²) in [7, 11) is 5.90. The Labute approximate surface area is 157 Å². The number of ketones is 1. The van der Waals surface area contributed by atoms with E-state index in [2.05, 4.69) is 0 Å². The molecular formula is C18H26O9. The molecule has 5 atom stereocenters. The van der Waals surface area contributed by atoms with Crippen molar-refractivity contribution < 1.29 is 43.8 Å². The van der Waals surface area contributed by atoms with E-state index >= 15 is 0 Å². The van der Waals surface area contributed by atoms with E-state index in [1.54, 1.807) is 0 Å². The lowest BCUT2D eigenvalue weighted by molar-refractivity contribution is -0.252. The van der Waals surface area contributed by atoms with Crippen molar-refractivity contribution >= 4 is 5.78 Å². The molecule has 1 aromatic rings. The van der Waals surface area contributed by atoms with Crippen LogP contribution in [0.5, 0.6) is 17.2 Å². The van der Waals surface area contributed by atoms with Gasteiger partial charge in [-0.05, 0) is 6.92 Å². The highest BCUT2D eigenvalue weighted by Gasteiger charge is 2.49. The van der Waals surface area contributed by atoms with Gasteiger partial charge in [0.2, 0.25) is 0 Å². The van der Waals surface area contributed by atoms with Crippen LogP contribution in [0.2, 0.25) is 0 Å². The molecule has 2 rings (SSSR count). The third-order valence-electron chi connectivity index (χ3n) is 4.72. The molecule has 1 fully saturated rings. The van der Waals surface area contributed by atoms with Crippen LogP contribution in [0, 0.1) is 0 Å². The summed E-state index contributed by atoms with van der Waals surface area (Å²) < 4.78 is 27.8. The second-order valence-electron chi connectivity index (χ2n) is 6.26. The number of carbonyl (C=O) groups is 1. The van der Waals surface area contributed by atoms with Crippen molar-refractivity contribution in [3.8, 4) is 17.2 Å². The fourth-order valence-corrected chi connectivity index (χ4v) is 3.54. The number of carbonyl (C=O) groups excluding carboxylic acids is 1. The van der Waals surface area contributed by atoms with Crippen molar-refractivity contribution in [2.75, 3.05) is 35.0 Å². The summed E-state index contributed by atoms with van der Waals surface area (Å²) in [6, 6.07) is 0.984. The number of hydrogen-bond acceptors (Lipinski definition) is 9. The maximum absolute atomic E-state index is 11.8. The second-order valence-corrected chi connectivity index (χ2v) is 6.26. The van der Waals surface area contributed by atoms with E-state index < -0.39 is 53.6 Å². The van der Waals surface area contributed by atoms with Crippen molar-refractivity contribution in [2.24, 2.45) is 0 Å². The first-order valence-corrected chi connectivity index (χ1v) is 8.33. The van der Waals surface area contributed by atoms with E-state index in [-0.39, 0.29) is 17.7 Å². The molecule has 1 aliphatic heterocycles. The predicted molar refractivity (Wildman–Crippen MR) is 93.3 cm³/mol. The van der Waals surface area contributed by atoms with Crippen molar-refractivity contribution in [3.63, 3.8) is 0 Å². The van der Waals surface area contributed by atoms with Gasteiger partial charge in [-0.2, -0.15) is 0 Å². The van der Waals surface area contributed by atoms with Gasteiger partial charge in [0.15, 0.2) is 5.78 Å². The average molecular weight is 386 g/mol. The third-order valence-corrected chi connectivity index (χ3v) is 4.72.